The number of nitrogens with one attached hydrogen (secondary N) is 1. The number of hydrogen-bond acceptors (Lipinski definition) is 3. The number of pyridine rings is 1. The summed E-state index contributed by atoms with van der Waals surface area (Å²) in [4.78, 5) is 3.96. The second-order valence-electron chi connectivity index (χ2n) is 4.30. The van der Waals surface area contributed by atoms with Crippen molar-refractivity contribution in [1.29, 1.82) is 0 Å². The molecule has 20 heavy (non-hydrogen) atoms. The van der Waals surface area contributed by atoms with Crippen molar-refractivity contribution in [2.75, 3.05) is 5.32 Å². The molecule has 0 aliphatic rings. The van der Waals surface area contributed by atoms with Gasteiger partial charge in [0.1, 0.15) is 5.15 Å². The molecule has 3 aromatic rings. The molecule has 1 N–H and O–H groups in total. The first-order valence-corrected chi connectivity index (χ1v) is 6.64. The Balaban J connectivity index is 1.81. The van der Waals surface area contributed by atoms with Crippen LogP contribution in [-0.2, 0) is 6.54 Å². The van der Waals surface area contributed by atoms with Crippen LogP contribution < -0.4 is 5.32 Å². The molecule has 0 unspecified atom stereocenters. The van der Waals surface area contributed by atoms with Gasteiger partial charge in [-0.2, -0.15) is 5.10 Å². The summed E-state index contributed by atoms with van der Waals surface area (Å²) in [5, 5.41) is 8.09. The summed E-state index contributed by atoms with van der Waals surface area (Å²) in [6, 6.07) is 13.7. The van der Waals surface area contributed by atoms with Crippen molar-refractivity contribution >= 4 is 17.3 Å². The van der Waals surface area contributed by atoms with Gasteiger partial charge < -0.3 is 5.32 Å². The van der Waals surface area contributed by atoms with E-state index in [0.29, 0.717) is 11.7 Å². The minimum atomic E-state index is 0.482. The molecular formula is C15H13ClN4. The van der Waals surface area contributed by atoms with E-state index in [1.165, 1.54) is 0 Å². The number of halogens is 1. The number of aromatic nitrogens is 3. The lowest BCUT2D eigenvalue weighted by molar-refractivity contribution is 0.864. The van der Waals surface area contributed by atoms with Crippen LogP contribution in [0.1, 0.15) is 5.56 Å². The molecular weight excluding hydrogens is 272 g/mol. The summed E-state index contributed by atoms with van der Waals surface area (Å²) in [6.45, 7) is 0.691. The topological polar surface area (TPSA) is 42.7 Å². The van der Waals surface area contributed by atoms with Gasteiger partial charge in [0.2, 0.25) is 0 Å². The number of rotatable bonds is 4. The highest BCUT2D eigenvalue weighted by atomic mass is 35.5. The molecule has 4 nitrogen and oxygen atoms in total. The number of benzene rings is 1. The van der Waals surface area contributed by atoms with Gasteiger partial charge in [-0.25, -0.2) is 9.67 Å². The van der Waals surface area contributed by atoms with Crippen LogP contribution in [0.2, 0.25) is 5.15 Å². The van der Waals surface area contributed by atoms with Gasteiger partial charge in [0.15, 0.2) is 0 Å². The molecule has 0 aliphatic heterocycles. The molecule has 5 heteroatoms. The molecule has 0 bridgehead atoms. The van der Waals surface area contributed by atoms with Gasteiger partial charge in [-0.15, -0.1) is 0 Å². The molecule has 0 amide bonds. The molecule has 0 saturated heterocycles. The molecule has 0 saturated carbocycles. The Morgan fingerprint density at radius 2 is 2.00 bits per heavy atom. The first-order valence-electron chi connectivity index (χ1n) is 6.26. The van der Waals surface area contributed by atoms with Crippen molar-refractivity contribution in [3.8, 4) is 5.69 Å². The van der Waals surface area contributed by atoms with Crippen LogP contribution in [0, 0.1) is 0 Å². The van der Waals surface area contributed by atoms with E-state index >= 15 is 0 Å². The second kappa shape index (κ2) is 5.75. The van der Waals surface area contributed by atoms with Crippen LogP contribution in [0.4, 0.5) is 5.69 Å². The summed E-state index contributed by atoms with van der Waals surface area (Å²) < 4.78 is 1.86. The van der Waals surface area contributed by atoms with Gasteiger partial charge in [0.05, 0.1) is 5.69 Å². The van der Waals surface area contributed by atoms with E-state index in [0.717, 1.165) is 16.9 Å². The predicted molar refractivity (Wildman–Crippen MR) is 80.1 cm³/mol. The van der Waals surface area contributed by atoms with E-state index in [1.54, 1.807) is 18.5 Å². The monoisotopic (exact) mass is 284 g/mol. The number of anilines is 1. The molecule has 2 aromatic heterocycles. The Kier molecular flexibility index (Phi) is 3.65. The Hall–Kier alpha value is -2.33. The van der Waals surface area contributed by atoms with E-state index in [9.17, 15) is 0 Å². The van der Waals surface area contributed by atoms with Crippen LogP contribution in [-0.4, -0.2) is 14.8 Å². The van der Waals surface area contributed by atoms with Gasteiger partial charge in [0, 0.05) is 30.8 Å². The van der Waals surface area contributed by atoms with Crippen molar-refractivity contribution < 1.29 is 0 Å². The van der Waals surface area contributed by atoms with E-state index in [2.05, 4.69) is 21.5 Å². The Morgan fingerprint density at radius 3 is 2.80 bits per heavy atom. The maximum atomic E-state index is 5.87. The Bertz CT molecular complexity index is 695. The normalized spacial score (nSPS) is 10.4. The third kappa shape index (κ3) is 2.81. The van der Waals surface area contributed by atoms with Gasteiger partial charge in [0.25, 0.3) is 0 Å². The average Bonchev–Trinajstić information content (AvgIpc) is 3.00. The summed E-state index contributed by atoms with van der Waals surface area (Å²) in [5.74, 6) is 0. The zero-order valence-electron chi connectivity index (χ0n) is 10.7. The van der Waals surface area contributed by atoms with Gasteiger partial charge in [-0.1, -0.05) is 29.8 Å². The van der Waals surface area contributed by atoms with Crippen molar-refractivity contribution in [2.24, 2.45) is 0 Å². The van der Waals surface area contributed by atoms with Crippen molar-refractivity contribution in [2.45, 2.75) is 6.54 Å². The highest BCUT2D eigenvalue weighted by Crippen LogP contribution is 2.17. The molecule has 100 valence electrons. The SMILES string of the molecule is Clc1cc(NCc2ccccc2-n2cccn2)ccn1. The number of para-hydroxylation sites is 1. The van der Waals surface area contributed by atoms with Crippen LogP contribution in [0.15, 0.2) is 61.1 Å². The fourth-order valence-corrected chi connectivity index (χ4v) is 2.18. The van der Waals surface area contributed by atoms with Crippen LogP contribution in [0.25, 0.3) is 5.69 Å². The van der Waals surface area contributed by atoms with E-state index < -0.39 is 0 Å². The van der Waals surface area contributed by atoms with Gasteiger partial charge >= 0.3 is 0 Å². The molecule has 0 atom stereocenters. The summed E-state index contributed by atoms with van der Waals surface area (Å²) >= 11 is 5.87. The third-order valence-electron chi connectivity index (χ3n) is 2.95. The Labute approximate surface area is 122 Å². The third-order valence-corrected chi connectivity index (χ3v) is 3.16. The van der Waals surface area contributed by atoms with E-state index in [-0.39, 0.29) is 0 Å². The molecule has 3 rings (SSSR count). The molecule has 0 fully saturated rings. The minimum Gasteiger partial charge on any atom is -0.381 e. The summed E-state index contributed by atoms with van der Waals surface area (Å²) in [5.41, 5.74) is 3.16. The molecule has 2 heterocycles. The molecule has 0 spiro atoms. The Morgan fingerprint density at radius 1 is 1.10 bits per heavy atom. The van der Waals surface area contributed by atoms with Crippen LogP contribution >= 0.6 is 11.6 Å². The lowest BCUT2D eigenvalue weighted by Crippen LogP contribution is -2.05. The fraction of sp³-hybridized carbons (Fsp3) is 0.0667. The number of hydrogen-bond donors (Lipinski definition) is 1. The van der Waals surface area contributed by atoms with Gasteiger partial charge in [-0.05, 0) is 29.8 Å². The van der Waals surface area contributed by atoms with Crippen molar-refractivity contribution in [1.82, 2.24) is 14.8 Å². The lowest BCUT2D eigenvalue weighted by atomic mass is 10.1. The summed E-state index contributed by atoms with van der Waals surface area (Å²) in [7, 11) is 0. The first kappa shape index (κ1) is 12.7. The largest absolute Gasteiger partial charge is 0.381 e. The highest BCUT2D eigenvalue weighted by molar-refractivity contribution is 6.29. The summed E-state index contributed by atoms with van der Waals surface area (Å²) in [6.07, 6.45) is 5.39. The molecule has 1 aromatic carbocycles. The maximum Gasteiger partial charge on any atom is 0.131 e. The maximum absolute atomic E-state index is 5.87. The van der Waals surface area contributed by atoms with Crippen LogP contribution in [0.5, 0.6) is 0 Å². The minimum absolute atomic E-state index is 0.482. The molecule has 0 radical (unpaired) electrons. The highest BCUT2D eigenvalue weighted by Gasteiger charge is 2.04. The lowest BCUT2D eigenvalue weighted by Gasteiger charge is -2.11. The van der Waals surface area contributed by atoms with E-state index in [4.69, 9.17) is 11.6 Å². The fourth-order valence-electron chi connectivity index (χ4n) is 2.00. The number of nitrogens with zero attached hydrogens (tertiary/aromatic N) is 3. The van der Waals surface area contributed by atoms with Crippen molar-refractivity contribution in [3.63, 3.8) is 0 Å². The smallest absolute Gasteiger partial charge is 0.131 e. The first-order chi connectivity index (χ1) is 9.83. The molecule has 0 aliphatic carbocycles. The predicted octanol–water partition coefficient (Wildman–Crippen LogP) is 3.53. The van der Waals surface area contributed by atoms with Crippen molar-refractivity contribution in [3.05, 3.63) is 71.8 Å². The second-order valence-corrected chi connectivity index (χ2v) is 4.69. The van der Waals surface area contributed by atoms with E-state index in [1.807, 2.05) is 41.2 Å². The zero-order valence-corrected chi connectivity index (χ0v) is 11.5. The zero-order chi connectivity index (χ0) is 13.8. The standard InChI is InChI=1S/C15H13ClN4/c16-15-10-13(6-8-17-15)18-11-12-4-1-2-5-14(12)20-9-3-7-19-20/h1-10H,11H2,(H,17,18). The van der Waals surface area contributed by atoms with Gasteiger partial charge in [-0.3, -0.25) is 0 Å². The average molecular weight is 285 g/mol. The quantitative estimate of drug-likeness (QED) is 0.745. The van der Waals surface area contributed by atoms with Crippen LogP contribution in [0.3, 0.4) is 0 Å².